The van der Waals surface area contributed by atoms with Gasteiger partial charge in [-0.3, -0.25) is 18.7 Å². The second kappa shape index (κ2) is 31.0. The van der Waals surface area contributed by atoms with Gasteiger partial charge in [0.1, 0.15) is 64.5 Å². The second-order valence-corrected chi connectivity index (χ2v) is 32.3. The molecule has 101 heavy (non-hydrogen) atoms. The highest BCUT2D eigenvalue weighted by atomic mass is 127. The zero-order valence-electron chi connectivity index (χ0n) is 55.7. The SMILES string of the molecule is CC(C)(C)OC(=O)N1CCC(I)C1.COc1ccc(CN(c2ccon2)S(=O)(=O)c2ccc3c(ccc(=O)n3-c3cc(F)c(Br)cc3O)c2)cc1.COc1ccc(CN(c2ccon2)S(=O)(=O)c2ccc3c(ccc(=O)n3-c3cc(F)c(Br)cc3OC3CCN(C(=O)OC(C)(C)C)C3)c2)cc1. The topological polar surface area (TPSA) is 278 Å². The molecule has 2 fully saturated rings. The molecule has 0 bridgehead atoms. The van der Waals surface area contributed by atoms with E-state index in [1.807, 2.05) is 20.8 Å². The molecule has 0 saturated carbocycles. The van der Waals surface area contributed by atoms with Gasteiger partial charge in [0.2, 0.25) is 0 Å². The van der Waals surface area contributed by atoms with Gasteiger partial charge in [0.05, 0.1) is 75.0 Å². The van der Waals surface area contributed by atoms with Crippen LogP contribution in [0.25, 0.3) is 33.2 Å². The van der Waals surface area contributed by atoms with Crippen molar-refractivity contribution in [3.8, 4) is 34.4 Å². The molecular formula is C70H69Br2F2IN8O16S2. The molecule has 1 N–H and O–H groups in total. The Morgan fingerprint density at radius 1 is 0.594 bits per heavy atom. The Morgan fingerprint density at radius 2 is 1.03 bits per heavy atom. The third kappa shape index (κ3) is 17.8. The van der Waals surface area contributed by atoms with Gasteiger partial charge in [-0.1, -0.05) is 57.2 Å². The van der Waals surface area contributed by atoms with E-state index in [1.54, 1.807) is 81.3 Å². The molecule has 10 aromatic rings. The first-order chi connectivity index (χ1) is 47.8. The highest BCUT2D eigenvalue weighted by Crippen LogP contribution is 2.37. The first kappa shape index (κ1) is 74.6. The van der Waals surface area contributed by atoms with Crippen LogP contribution in [0.3, 0.4) is 0 Å². The molecule has 31 heteroatoms. The van der Waals surface area contributed by atoms with Crippen molar-refractivity contribution in [3.05, 3.63) is 211 Å². The minimum Gasteiger partial charge on any atom is -0.506 e. The van der Waals surface area contributed by atoms with E-state index in [1.165, 1.54) is 114 Å². The summed E-state index contributed by atoms with van der Waals surface area (Å²) >= 11 is 8.58. The maximum atomic E-state index is 15.1. The highest BCUT2D eigenvalue weighted by molar-refractivity contribution is 14.1. The van der Waals surface area contributed by atoms with E-state index in [0.29, 0.717) is 55.8 Å². The molecule has 0 radical (unpaired) electrons. The van der Waals surface area contributed by atoms with Crippen molar-refractivity contribution in [2.24, 2.45) is 0 Å². The summed E-state index contributed by atoms with van der Waals surface area (Å²) in [5.74, 6) is -0.0473. The molecule has 2 amide bonds. The minimum atomic E-state index is -4.22. The number of benzene rings is 6. The number of phenolic OH excluding ortho intramolecular Hbond substituents is 1. The third-order valence-electron chi connectivity index (χ3n) is 15.6. The van der Waals surface area contributed by atoms with Crippen LogP contribution in [-0.2, 0) is 42.6 Å². The number of hydrogen-bond acceptors (Lipinski definition) is 18. The van der Waals surface area contributed by atoms with E-state index < -0.39 is 60.6 Å². The number of aromatic hydroxyl groups is 1. The van der Waals surface area contributed by atoms with Crippen LogP contribution in [0.2, 0.25) is 0 Å². The molecule has 6 heterocycles. The van der Waals surface area contributed by atoms with E-state index >= 15 is 4.39 Å². The Kier molecular flexibility index (Phi) is 22.9. The van der Waals surface area contributed by atoms with Crippen molar-refractivity contribution >= 4 is 120 Å². The zero-order chi connectivity index (χ0) is 72.9. The van der Waals surface area contributed by atoms with Gasteiger partial charge in [0, 0.05) is 77.2 Å². The van der Waals surface area contributed by atoms with Crippen molar-refractivity contribution < 1.29 is 73.0 Å². The number of halogens is 5. The zero-order valence-corrected chi connectivity index (χ0v) is 62.6. The third-order valence-corrected chi connectivity index (χ3v) is 21.3. The normalized spacial score (nSPS) is 14.7. The lowest BCUT2D eigenvalue weighted by molar-refractivity contribution is 0.0271. The standard InChI is InChI=1S/C35H34BrFN4O8S.C26H19BrFN3O6S.C9H16INO2/c1-35(2,3)49-34(43)39-15-13-25(21-39)48-31-18-27(36)28(37)19-30(31)41-29-11-10-26(17-23(29)7-12-33(41)42)50(44,45)40(32-14-16-47-38-32)20-22-5-8-24(46-4)9-6-22;1-36-18-5-2-16(3-6-18)15-30(25-10-11-37-29-25)38(34,35)19-7-8-22-17(12-19)4-9-26(33)31(22)23-14-21(28)20(27)13-24(23)32;1-9(2,3)13-8(12)11-5-4-7(10)6-11/h5-12,14,16-19,25H,13,15,20-21H2,1-4H3;2-14,32H,15H2,1H3;7H,4-6H2,1-3H3. The van der Waals surface area contributed by atoms with Crippen LogP contribution in [0.4, 0.5) is 30.0 Å². The molecule has 2 aliphatic heterocycles. The Morgan fingerprint density at radius 3 is 1.46 bits per heavy atom. The van der Waals surface area contributed by atoms with Crippen LogP contribution >= 0.6 is 54.5 Å². The molecule has 6 aromatic carbocycles. The fourth-order valence-corrected chi connectivity index (χ4v) is 15.0. The van der Waals surface area contributed by atoms with Crippen LogP contribution < -0.4 is 33.9 Å². The monoisotopic (exact) mass is 1660 g/mol. The fourth-order valence-electron chi connectivity index (χ4n) is 10.8. The summed E-state index contributed by atoms with van der Waals surface area (Å²) in [6.07, 6.45) is 3.02. The molecule has 2 saturated heterocycles. The van der Waals surface area contributed by atoms with Gasteiger partial charge in [-0.25, -0.2) is 43.8 Å². The summed E-state index contributed by atoms with van der Waals surface area (Å²) in [7, 11) is -5.30. The number of pyridine rings is 2. The van der Waals surface area contributed by atoms with E-state index in [0.717, 1.165) is 44.8 Å². The first-order valence-electron chi connectivity index (χ1n) is 31.2. The number of likely N-dealkylation sites (tertiary alicyclic amines) is 2. The lowest BCUT2D eigenvalue weighted by atomic mass is 10.2. The summed E-state index contributed by atoms with van der Waals surface area (Å²) in [6.45, 7) is 13.2. The number of rotatable bonds is 16. The minimum absolute atomic E-state index is 0.0326. The number of aromatic nitrogens is 4. The number of carbonyl (C=O) groups is 2. The summed E-state index contributed by atoms with van der Waals surface area (Å²) < 4.78 is 128. The summed E-state index contributed by atoms with van der Waals surface area (Å²) in [5, 5.41) is 18.9. The number of fused-ring (bicyclic) bond motifs is 2. The Labute approximate surface area is 610 Å². The van der Waals surface area contributed by atoms with Gasteiger partial charge >= 0.3 is 12.2 Å². The van der Waals surface area contributed by atoms with Gasteiger partial charge in [-0.05, 0) is 176 Å². The lowest BCUT2D eigenvalue weighted by Crippen LogP contribution is -2.36. The predicted octanol–water partition coefficient (Wildman–Crippen LogP) is 14.1. The average Bonchev–Trinajstić information content (AvgIpc) is 1.37. The average molecular weight is 1670 g/mol. The quantitative estimate of drug-likeness (QED) is 0.0695. The predicted molar refractivity (Wildman–Crippen MR) is 389 cm³/mol. The summed E-state index contributed by atoms with van der Waals surface area (Å²) in [4.78, 5) is 53.5. The van der Waals surface area contributed by atoms with Crippen molar-refractivity contribution in [1.29, 1.82) is 0 Å². The number of alkyl halides is 1. The van der Waals surface area contributed by atoms with E-state index in [2.05, 4.69) is 64.8 Å². The molecule has 2 aliphatic rings. The van der Waals surface area contributed by atoms with Crippen LogP contribution in [-0.4, -0.2) is 125 Å². The van der Waals surface area contributed by atoms with Crippen molar-refractivity contribution in [1.82, 2.24) is 29.2 Å². The van der Waals surface area contributed by atoms with Crippen molar-refractivity contribution in [3.63, 3.8) is 0 Å². The maximum Gasteiger partial charge on any atom is 0.410 e. The fraction of sp³-hybridized carbons (Fsp3) is 0.286. The number of methoxy groups -OCH3 is 2. The lowest BCUT2D eigenvalue weighted by Gasteiger charge is -2.24. The van der Waals surface area contributed by atoms with E-state index in [9.17, 15) is 45.5 Å². The van der Waals surface area contributed by atoms with Gasteiger partial charge < -0.3 is 47.6 Å². The van der Waals surface area contributed by atoms with Crippen LogP contribution in [0.1, 0.15) is 65.5 Å². The number of phenols is 1. The molecule has 0 spiro atoms. The van der Waals surface area contributed by atoms with Gasteiger partial charge in [-0.2, -0.15) is 0 Å². The van der Waals surface area contributed by atoms with Crippen molar-refractivity contribution in [2.45, 2.75) is 98.5 Å². The second-order valence-electron chi connectivity index (χ2n) is 25.1. The van der Waals surface area contributed by atoms with Crippen LogP contribution in [0.15, 0.2) is 195 Å². The highest BCUT2D eigenvalue weighted by Gasteiger charge is 2.34. The molecular weight excluding hydrogens is 1600 g/mol. The Hall–Kier alpha value is -9.05. The van der Waals surface area contributed by atoms with Gasteiger partial charge in [-0.15, -0.1) is 0 Å². The first-order valence-corrected chi connectivity index (χ1v) is 36.9. The molecule has 2 unspecified atom stereocenters. The summed E-state index contributed by atoms with van der Waals surface area (Å²) in [6, 6.07) is 35.4. The van der Waals surface area contributed by atoms with Crippen molar-refractivity contribution in [2.75, 3.05) is 49.0 Å². The number of carbonyl (C=O) groups excluding carboxylic acids is 2. The molecule has 532 valence electrons. The summed E-state index contributed by atoms with van der Waals surface area (Å²) in [5.41, 5.74) is -0.0980. The molecule has 2 atom stereocenters. The molecule has 0 aliphatic carbocycles. The number of nitrogens with zero attached hydrogens (tertiary/aromatic N) is 8. The number of amides is 2. The van der Waals surface area contributed by atoms with Crippen LogP contribution in [0, 0.1) is 11.6 Å². The Bertz CT molecular complexity index is 5020. The molecule has 24 nitrogen and oxygen atoms in total. The number of ether oxygens (including phenoxy) is 5. The molecule has 12 rings (SSSR count). The van der Waals surface area contributed by atoms with E-state index in [-0.39, 0.29) is 90.1 Å². The number of sulfonamides is 2. The smallest absolute Gasteiger partial charge is 0.410 e. The number of anilines is 2. The molecule has 4 aromatic heterocycles. The van der Waals surface area contributed by atoms with Crippen LogP contribution in [0.5, 0.6) is 23.0 Å². The largest absolute Gasteiger partial charge is 0.506 e. The Balaban J connectivity index is 0.000000189. The van der Waals surface area contributed by atoms with Gasteiger partial charge in [0.25, 0.3) is 31.2 Å². The van der Waals surface area contributed by atoms with E-state index in [4.69, 9.17) is 32.7 Å². The van der Waals surface area contributed by atoms with Gasteiger partial charge in [0.15, 0.2) is 11.6 Å². The maximum absolute atomic E-state index is 15.1. The number of hydrogen-bond donors (Lipinski definition) is 1.